The first-order valence-electron chi connectivity index (χ1n) is 3.78. The van der Waals surface area contributed by atoms with Crippen molar-refractivity contribution in [2.75, 3.05) is 6.61 Å². The number of hydroxylamine groups is 1. The van der Waals surface area contributed by atoms with Crippen LogP contribution in [0.4, 0.5) is 13.2 Å². The van der Waals surface area contributed by atoms with Crippen LogP contribution in [-0.2, 0) is 9.63 Å². The lowest BCUT2D eigenvalue weighted by molar-refractivity contribution is -0.162. The van der Waals surface area contributed by atoms with Gasteiger partial charge in [-0.2, -0.15) is 13.2 Å². The Morgan fingerprint density at radius 2 is 2.00 bits per heavy atom. The Morgan fingerprint density at radius 1 is 1.46 bits per heavy atom. The van der Waals surface area contributed by atoms with E-state index in [9.17, 15) is 18.0 Å². The number of carbonyl (C=O) groups excluding carboxylic acids is 1. The van der Waals surface area contributed by atoms with Crippen molar-refractivity contribution in [2.45, 2.75) is 26.4 Å². The maximum absolute atomic E-state index is 11.6. The Hall–Kier alpha value is -0.780. The van der Waals surface area contributed by atoms with E-state index in [1.54, 1.807) is 5.48 Å². The van der Waals surface area contributed by atoms with Gasteiger partial charge in [-0.05, 0) is 5.92 Å². The number of rotatable bonds is 4. The molecule has 0 atom stereocenters. The lowest BCUT2D eigenvalue weighted by Crippen LogP contribution is -2.29. The molecule has 6 heteroatoms. The van der Waals surface area contributed by atoms with E-state index in [1.807, 2.05) is 13.8 Å². The van der Waals surface area contributed by atoms with Crippen LogP contribution in [-0.4, -0.2) is 18.7 Å². The van der Waals surface area contributed by atoms with Gasteiger partial charge in [-0.1, -0.05) is 13.8 Å². The average molecular weight is 199 g/mol. The van der Waals surface area contributed by atoms with E-state index in [0.717, 1.165) is 0 Å². The Morgan fingerprint density at radius 3 is 2.38 bits per heavy atom. The summed E-state index contributed by atoms with van der Waals surface area (Å²) in [5, 5.41) is 0. The first-order chi connectivity index (χ1) is 5.81. The molecule has 0 unspecified atom stereocenters. The van der Waals surface area contributed by atoms with Crippen LogP contribution in [0.1, 0.15) is 20.3 Å². The molecular weight excluding hydrogens is 187 g/mol. The van der Waals surface area contributed by atoms with Gasteiger partial charge in [-0.25, -0.2) is 5.48 Å². The van der Waals surface area contributed by atoms with Gasteiger partial charge in [0.25, 0.3) is 5.91 Å². The molecule has 0 aliphatic rings. The van der Waals surface area contributed by atoms with Gasteiger partial charge < -0.3 is 0 Å². The molecule has 0 radical (unpaired) electrons. The second-order valence-electron chi connectivity index (χ2n) is 3.02. The van der Waals surface area contributed by atoms with E-state index in [-0.39, 0.29) is 12.5 Å². The zero-order valence-electron chi connectivity index (χ0n) is 7.44. The Kier molecular flexibility index (Phi) is 4.76. The SMILES string of the molecule is CC(C)CONC(=O)CC(F)(F)F. The van der Waals surface area contributed by atoms with E-state index in [4.69, 9.17) is 0 Å². The zero-order valence-corrected chi connectivity index (χ0v) is 7.44. The van der Waals surface area contributed by atoms with Crippen LogP contribution >= 0.6 is 0 Å². The van der Waals surface area contributed by atoms with Gasteiger partial charge in [-0.3, -0.25) is 9.63 Å². The third-order valence-electron chi connectivity index (χ3n) is 0.964. The van der Waals surface area contributed by atoms with E-state index < -0.39 is 18.5 Å². The lowest BCUT2D eigenvalue weighted by Gasteiger charge is -2.08. The van der Waals surface area contributed by atoms with Crippen molar-refractivity contribution in [2.24, 2.45) is 5.92 Å². The molecule has 0 aliphatic carbocycles. The van der Waals surface area contributed by atoms with Crippen molar-refractivity contribution < 1.29 is 22.8 Å². The molecule has 0 fully saturated rings. The summed E-state index contributed by atoms with van der Waals surface area (Å²) in [6, 6.07) is 0. The van der Waals surface area contributed by atoms with Crippen LogP contribution in [0.25, 0.3) is 0 Å². The minimum Gasteiger partial charge on any atom is -0.273 e. The zero-order chi connectivity index (χ0) is 10.5. The minimum atomic E-state index is -4.48. The number of hydrogen-bond donors (Lipinski definition) is 1. The minimum absolute atomic E-state index is 0.159. The number of halogens is 3. The van der Waals surface area contributed by atoms with E-state index in [0.29, 0.717) is 0 Å². The Bertz CT molecular complexity index is 168. The molecule has 0 saturated carbocycles. The largest absolute Gasteiger partial charge is 0.397 e. The Labute approximate surface area is 74.2 Å². The van der Waals surface area contributed by atoms with Crippen LogP contribution in [0.15, 0.2) is 0 Å². The summed E-state index contributed by atoms with van der Waals surface area (Å²) in [6.45, 7) is 3.83. The molecule has 0 bridgehead atoms. The van der Waals surface area contributed by atoms with E-state index in [1.165, 1.54) is 0 Å². The fourth-order valence-electron chi connectivity index (χ4n) is 0.507. The van der Waals surface area contributed by atoms with Gasteiger partial charge >= 0.3 is 6.18 Å². The third kappa shape index (κ3) is 9.13. The molecule has 0 aromatic heterocycles. The predicted molar refractivity (Wildman–Crippen MR) is 39.6 cm³/mol. The number of amides is 1. The average Bonchev–Trinajstić information content (AvgIpc) is 1.81. The highest BCUT2D eigenvalue weighted by atomic mass is 19.4. The topological polar surface area (TPSA) is 38.3 Å². The second kappa shape index (κ2) is 5.06. The molecule has 0 spiro atoms. The van der Waals surface area contributed by atoms with Crippen LogP contribution in [0.3, 0.4) is 0 Å². The fourth-order valence-corrected chi connectivity index (χ4v) is 0.507. The van der Waals surface area contributed by atoms with Crippen molar-refractivity contribution in [1.29, 1.82) is 0 Å². The second-order valence-corrected chi connectivity index (χ2v) is 3.02. The predicted octanol–water partition coefficient (Wildman–Crippen LogP) is 1.64. The fraction of sp³-hybridized carbons (Fsp3) is 0.857. The van der Waals surface area contributed by atoms with Gasteiger partial charge in [0.15, 0.2) is 0 Å². The smallest absolute Gasteiger partial charge is 0.273 e. The van der Waals surface area contributed by atoms with Crippen LogP contribution < -0.4 is 5.48 Å². The number of carbonyl (C=O) groups is 1. The lowest BCUT2D eigenvalue weighted by atomic mass is 10.2. The highest BCUT2D eigenvalue weighted by molar-refractivity contribution is 5.75. The summed E-state index contributed by atoms with van der Waals surface area (Å²) in [5.41, 5.74) is 1.71. The molecule has 3 nitrogen and oxygen atoms in total. The molecule has 0 saturated heterocycles. The molecule has 13 heavy (non-hydrogen) atoms. The van der Waals surface area contributed by atoms with E-state index >= 15 is 0 Å². The van der Waals surface area contributed by atoms with Crippen LogP contribution in [0.2, 0.25) is 0 Å². The van der Waals surface area contributed by atoms with Crippen molar-refractivity contribution in [3.05, 3.63) is 0 Å². The highest BCUT2D eigenvalue weighted by Gasteiger charge is 2.31. The molecule has 0 aromatic rings. The van der Waals surface area contributed by atoms with Gasteiger partial charge in [-0.15, -0.1) is 0 Å². The van der Waals surface area contributed by atoms with Gasteiger partial charge in [0.2, 0.25) is 0 Å². The molecule has 1 N–H and O–H groups in total. The van der Waals surface area contributed by atoms with Crippen LogP contribution in [0.5, 0.6) is 0 Å². The molecule has 78 valence electrons. The molecular formula is C7H12F3NO2. The summed E-state index contributed by atoms with van der Waals surface area (Å²) in [5.74, 6) is -1.01. The van der Waals surface area contributed by atoms with Gasteiger partial charge in [0, 0.05) is 0 Å². The summed E-state index contributed by atoms with van der Waals surface area (Å²) >= 11 is 0. The van der Waals surface area contributed by atoms with Gasteiger partial charge in [0.05, 0.1) is 6.61 Å². The molecule has 0 rings (SSSR count). The summed E-state index contributed by atoms with van der Waals surface area (Å²) < 4.78 is 34.7. The third-order valence-corrected chi connectivity index (χ3v) is 0.964. The van der Waals surface area contributed by atoms with Crippen molar-refractivity contribution >= 4 is 5.91 Å². The Balaban J connectivity index is 3.53. The quantitative estimate of drug-likeness (QED) is 0.699. The summed E-state index contributed by atoms with van der Waals surface area (Å²) in [4.78, 5) is 15.0. The summed E-state index contributed by atoms with van der Waals surface area (Å²) in [6.07, 6.45) is -5.99. The van der Waals surface area contributed by atoms with E-state index in [2.05, 4.69) is 4.84 Å². The number of alkyl halides is 3. The molecule has 1 amide bonds. The number of hydrogen-bond acceptors (Lipinski definition) is 2. The highest BCUT2D eigenvalue weighted by Crippen LogP contribution is 2.18. The standard InChI is InChI=1S/C7H12F3NO2/c1-5(2)4-13-11-6(12)3-7(8,9)10/h5H,3-4H2,1-2H3,(H,11,12). The van der Waals surface area contributed by atoms with Crippen molar-refractivity contribution in [3.8, 4) is 0 Å². The normalized spacial score (nSPS) is 11.8. The summed E-state index contributed by atoms with van der Waals surface area (Å²) in [7, 11) is 0. The van der Waals surface area contributed by atoms with Crippen molar-refractivity contribution in [1.82, 2.24) is 5.48 Å². The first kappa shape index (κ1) is 12.2. The van der Waals surface area contributed by atoms with Gasteiger partial charge in [0.1, 0.15) is 6.42 Å². The molecule has 0 aromatic carbocycles. The molecule has 0 aliphatic heterocycles. The maximum atomic E-state index is 11.6. The number of nitrogens with one attached hydrogen (secondary N) is 1. The monoisotopic (exact) mass is 199 g/mol. The van der Waals surface area contributed by atoms with Crippen LogP contribution in [0, 0.1) is 5.92 Å². The van der Waals surface area contributed by atoms with Crippen molar-refractivity contribution in [3.63, 3.8) is 0 Å². The first-order valence-corrected chi connectivity index (χ1v) is 3.78. The molecule has 0 heterocycles. The maximum Gasteiger partial charge on any atom is 0.397 e.